The predicted molar refractivity (Wildman–Crippen MR) is 87.5 cm³/mol. The Hall–Kier alpha value is -0.510. The molecular weight excluding hydrogens is 387 g/mol. The van der Waals surface area contributed by atoms with Gasteiger partial charge in [0.2, 0.25) is 0 Å². The van der Waals surface area contributed by atoms with E-state index in [-0.39, 0.29) is 6.04 Å². The number of hydrogen-bond donors (Lipinski definition) is 1. The Bertz CT molecular complexity index is 564. The molecule has 3 rings (SSSR count). The van der Waals surface area contributed by atoms with E-state index in [0.29, 0.717) is 11.7 Å². The highest BCUT2D eigenvalue weighted by Gasteiger charge is 2.20. The van der Waals surface area contributed by atoms with Gasteiger partial charge < -0.3 is 15.2 Å². The van der Waals surface area contributed by atoms with Gasteiger partial charge in [-0.05, 0) is 54.6 Å². The first-order valence-corrected chi connectivity index (χ1v) is 8.74. The summed E-state index contributed by atoms with van der Waals surface area (Å²) >= 11 is 3.95. The van der Waals surface area contributed by atoms with Crippen LogP contribution in [0.1, 0.15) is 31.1 Å². The standard InChI is InChI=1S/C13H17IN4OS/c14-11-6-9(8-20-11)13-16-12(17-19-13)10(15)7-18-4-2-1-3-5-18/h6,8,10H,1-5,7,15H2. The molecule has 0 amide bonds. The van der Waals surface area contributed by atoms with Gasteiger partial charge in [-0.1, -0.05) is 11.6 Å². The zero-order valence-corrected chi connectivity index (χ0v) is 14.1. The van der Waals surface area contributed by atoms with Crippen molar-refractivity contribution in [2.45, 2.75) is 25.3 Å². The van der Waals surface area contributed by atoms with Crippen molar-refractivity contribution in [1.29, 1.82) is 0 Å². The Morgan fingerprint density at radius 2 is 2.20 bits per heavy atom. The fourth-order valence-corrected chi connectivity index (χ4v) is 3.75. The second-order valence-electron chi connectivity index (χ2n) is 5.06. The molecule has 1 fully saturated rings. The Kier molecular flexibility index (Phi) is 4.69. The van der Waals surface area contributed by atoms with Crippen LogP contribution in [0.3, 0.4) is 0 Å². The third-order valence-corrected chi connectivity index (χ3v) is 5.28. The van der Waals surface area contributed by atoms with E-state index in [2.05, 4.69) is 37.6 Å². The normalized spacial score (nSPS) is 18.3. The molecule has 20 heavy (non-hydrogen) atoms. The number of hydrogen-bond acceptors (Lipinski definition) is 6. The monoisotopic (exact) mass is 404 g/mol. The fraction of sp³-hybridized carbons (Fsp3) is 0.538. The molecular formula is C13H17IN4OS. The van der Waals surface area contributed by atoms with Crippen LogP contribution < -0.4 is 5.73 Å². The summed E-state index contributed by atoms with van der Waals surface area (Å²) in [4.78, 5) is 6.82. The Morgan fingerprint density at radius 3 is 2.90 bits per heavy atom. The van der Waals surface area contributed by atoms with Crippen LogP contribution in [-0.4, -0.2) is 34.7 Å². The lowest BCUT2D eigenvalue weighted by atomic mass is 10.1. The molecule has 2 N–H and O–H groups in total. The number of nitrogens with zero attached hydrogens (tertiary/aromatic N) is 3. The van der Waals surface area contributed by atoms with E-state index in [1.807, 2.05) is 11.4 Å². The lowest BCUT2D eigenvalue weighted by Gasteiger charge is -2.27. The van der Waals surface area contributed by atoms with Crippen molar-refractivity contribution in [2.24, 2.45) is 5.73 Å². The van der Waals surface area contributed by atoms with Crippen LogP contribution in [0.5, 0.6) is 0 Å². The van der Waals surface area contributed by atoms with Crippen LogP contribution >= 0.6 is 33.9 Å². The minimum Gasteiger partial charge on any atom is -0.334 e. The topological polar surface area (TPSA) is 68.2 Å². The molecule has 2 aromatic rings. The fourth-order valence-electron chi connectivity index (χ4n) is 2.43. The Morgan fingerprint density at radius 1 is 1.40 bits per heavy atom. The van der Waals surface area contributed by atoms with Crippen molar-refractivity contribution >= 4 is 33.9 Å². The van der Waals surface area contributed by atoms with Gasteiger partial charge in [0.05, 0.1) is 14.5 Å². The van der Waals surface area contributed by atoms with Gasteiger partial charge in [0, 0.05) is 11.9 Å². The molecule has 1 saturated heterocycles. The number of aromatic nitrogens is 2. The molecule has 2 aromatic heterocycles. The first kappa shape index (κ1) is 14.4. The van der Waals surface area contributed by atoms with Crippen LogP contribution in [-0.2, 0) is 0 Å². The van der Waals surface area contributed by atoms with Crippen molar-refractivity contribution < 1.29 is 4.52 Å². The van der Waals surface area contributed by atoms with Crippen LogP contribution in [0.15, 0.2) is 16.0 Å². The summed E-state index contributed by atoms with van der Waals surface area (Å²) in [7, 11) is 0. The summed E-state index contributed by atoms with van der Waals surface area (Å²) in [6.45, 7) is 3.06. The quantitative estimate of drug-likeness (QED) is 0.794. The smallest absolute Gasteiger partial charge is 0.258 e. The molecule has 108 valence electrons. The van der Waals surface area contributed by atoms with Gasteiger partial charge in [-0.2, -0.15) is 4.98 Å². The molecule has 0 saturated carbocycles. The van der Waals surface area contributed by atoms with E-state index in [1.165, 1.54) is 22.1 Å². The first-order chi connectivity index (χ1) is 9.72. The summed E-state index contributed by atoms with van der Waals surface area (Å²) < 4.78 is 6.52. The van der Waals surface area contributed by atoms with E-state index in [0.717, 1.165) is 25.2 Å². The van der Waals surface area contributed by atoms with Crippen LogP contribution in [0.2, 0.25) is 0 Å². The largest absolute Gasteiger partial charge is 0.334 e. The lowest BCUT2D eigenvalue weighted by Crippen LogP contribution is -2.36. The van der Waals surface area contributed by atoms with Gasteiger partial charge in [-0.25, -0.2) is 0 Å². The van der Waals surface area contributed by atoms with E-state index in [9.17, 15) is 0 Å². The van der Waals surface area contributed by atoms with Crippen molar-refractivity contribution in [2.75, 3.05) is 19.6 Å². The van der Waals surface area contributed by atoms with Crippen LogP contribution in [0.4, 0.5) is 0 Å². The Labute approximate surface area is 135 Å². The highest BCUT2D eigenvalue weighted by Crippen LogP contribution is 2.26. The predicted octanol–water partition coefficient (Wildman–Crippen LogP) is 2.89. The minimum absolute atomic E-state index is 0.177. The Balaban J connectivity index is 1.66. The second-order valence-corrected chi connectivity index (χ2v) is 7.87. The third kappa shape index (κ3) is 3.38. The van der Waals surface area contributed by atoms with Crippen LogP contribution in [0, 0.1) is 2.88 Å². The maximum Gasteiger partial charge on any atom is 0.258 e. The van der Waals surface area contributed by atoms with E-state index in [1.54, 1.807) is 11.3 Å². The van der Waals surface area contributed by atoms with Crippen molar-refractivity contribution in [1.82, 2.24) is 15.0 Å². The molecule has 3 heterocycles. The average Bonchev–Trinajstić information content (AvgIpc) is 3.08. The molecule has 7 heteroatoms. The number of halogens is 1. The van der Waals surface area contributed by atoms with Gasteiger partial charge >= 0.3 is 0 Å². The maximum atomic E-state index is 6.20. The highest BCUT2D eigenvalue weighted by atomic mass is 127. The number of thiophene rings is 1. The lowest BCUT2D eigenvalue weighted by molar-refractivity contribution is 0.213. The number of piperidine rings is 1. The zero-order valence-electron chi connectivity index (χ0n) is 11.1. The summed E-state index contributed by atoms with van der Waals surface area (Å²) in [6.07, 6.45) is 3.85. The molecule has 1 aliphatic rings. The van der Waals surface area contributed by atoms with Crippen LogP contribution in [0.25, 0.3) is 11.5 Å². The summed E-state index contributed by atoms with van der Waals surface area (Å²) in [5.41, 5.74) is 7.17. The summed E-state index contributed by atoms with van der Waals surface area (Å²) in [5.74, 6) is 1.17. The summed E-state index contributed by atoms with van der Waals surface area (Å²) in [5, 5.41) is 6.05. The van der Waals surface area contributed by atoms with Gasteiger partial charge in [0.25, 0.3) is 5.89 Å². The highest BCUT2D eigenvalue weighted by molar-refractivity contribution is 14.1. The molecule has 1 unspecified atom stereocenters. The average molecular weight is 404 g/mol. The second kappa shape index (κ2) is 6.50. The minimum atomic E-state index is -0.177. The summed E-state index contributed by atoms with van der Waals surface area (Å²) in [6, 6.07) is 1.86. The third-order valence-electron chi connectivity index (χ3n) is 3.49. The van der Waals surface area contributed by atoms with Crippen molar-refractivity contribution in [3.8, 4) is 11.5 Å². The molecule has 0 aromatic carbocycles. The SMILES string of the molecule is NC(CN1CCCCC1)c1noc(-c2csc(I)c2)n1. The zero-order chi connectivity index (χ0) is 13.9. The molecule has 1 aliphatic heterocycles. The van der Waals surface area contributed by atoms with E-state index < -0.39 is 0 Å². The number of nitrogens with two attached hydrogens (primary N) is 1. The molecule has 0 radical (unpaired) electrons. The number of likely N-dealkylation sites (tertiary alicyclic amines) is 1. The van der Waals surface area contributed by atoms with E-state index in [4.69, 9.17) is 10.3 Å². The number of rotatable bonds is 4. The molecule has 0 spiro atoms. The van der Waals surface area contributed by atoms with Gasteiger partial charge in [0.15, 0.2) is 5.82 Å². The van der Waals surface area contributed by atoms with Crippen molar-refractivity contribution in [3.05, 3.63) is 20.2 Å². The van der Waals surface area contributed by atoms with E-state index >= 15 is 0 Å². The van der Waals surface area contributed by atoms with Crippen molar-refractivity contribution in [3.63, 3.8) is 0 Å². The van der Waals surface area contributed by atoms with Gasteiger partial charge in [-0.3, -0.25) is 0 Å². The first-order valence-electron chi connectivity index (χ1n) is 6.78. The molecule has 0 bridgehead atoms. The molecule has 1 atom stereocenters. The molecule has 0 aliphatic carbocycles. The maximum absolute atomic E-state index is 6.20. The molecule has 5 nitrogen and oxygen atoms in total. The van der Waals surface area contributed by atoms with Gasteiger partial charge in [0.1, 0.15) is 0 Å². The van der Waals surface area contributed by atoms with Gasteiger partial charge in [-0.15, -0.1) is 11.3 Å².